The predicted octanol–water partition coefficient (Wildman–Crippen LogP) is 7.67. The molecule has 3 rings (SSSR count). The monoisotopic (exact) mass is 326 g/mol. The number of rotatable bonds is 5. The molecule has 0 N–H and O–H groups in total. The summed E-state index contributed by atoms with van der Waals surface area (Å²) in [5.74, 6) is 3.81. The molecule has 0 aromatic heterocycles. The Kier molecular flexibility index (Phi) is 6.19. The summed E-state index contributed by atoms with van der Waals surface area (Å²) in [5.41, 5.74) is 4.10. The van der Waals surface area contributed by atoms with E-state index in [1.165, 1.54) is 80.9 Å². The summed E-state index contributed by atoms with van der Waals surface area (Å²) in [6, 6.07) is 8.97. The van der Waals surface area contributed by atoms with E-state index in [-0.39, 0.29) is 1.43 Å². The molecule has 2 aliphatic carbocycles. The summed E-state index contributed by atoms with van der Waals surface area (Å²) in [7, 11) is 0. The average molecular weight is 327 g/mol. The van der Waals surface area contributed by atoms with Crippen LogP contribution in [0.15, 0.2) is 30.8 Å². The molecule has 1 aromatic carbocycles. The molecule has 0 nitrogen and oxygen atoms in total. The zero-order valence-electron chi connectivity index (χ0n) is 15.9. The molecule has 1 aromatic rings. The zero-order valence-corrected chi connectivity index (χ0v) is 15.9. The summed E-state index contributed by atoms with van der Waals surface area (Å²) >= 11 is 0. The van der Waals surface area contributed by atoms with Crippen molar-refractivity contribution >= 4 is 5.57 Å². The van der Waals surface area contributed by atoms with Crippen LogP contribution < -0.4 is 0 Å². The Morgan fingerprint density at radius 1 is 0.917 bits per heavy atom. The Hall–Kier alpha value is -1.04. The SMILES string of the molecule is C=C(c1ccc(C)cc1)C1CCC(C2CCC(CCC)CC2)CC1.[HH]. The average Bonchev–Trinajstić information content (AvgIpc) is 2.63. The van der Waals surface area contributed by atoms with Crippen LogP contribution in [0.1, 0.15) is 83.7 Å². The van der Waals surface area contributed by atoms with E-state index >= 15 is 0 Å². The summed E-state index contributed by atoms with van der Waals surface area (Å²) < 4.78 is 0. The lowest BCUT2D eigenvalue weighted by Crippen LogP contribution is -2.26. The van der Waals surface area contributed by atoms with Crippen molar-refractivity contribution in [3.63, 3.8) is 0 Å². The third kappa shape index (κ3) is 4.32. The van der Waals surface area contributed by atoms with Crippen molar-refractivity contribution in [3.05, 3.63) is 42.0 Å². The third-order valence-corrected chi connectivity index (χ3v) is 6.94. The van der Waals surface area contributed by atoms with E-state index in [4.69, 9.17) is 0 Å². The minimum Gasteiger partial charge on any atom is -0.0950 e. The largest absolute Gasteiger partial charge is 0.0950 e. The summed E-state index contributed by atoms with van der Waals surface area (Å²) in [6.45, 7) is 8.95. The lowest BCUT2D eigenvalue weighted by molar-refractivity contribution is 0.154. The van der Waals surface area contributed by atoms with Gasteiger partial charge in [-0.05, 0) is 80.3 Å². The fourth-order valence-electron chi connectivity index (χ4n) is 5.30. The lowest BCUT2D eigenvalue weighted by Gasteiger charge is -2.38. The minimum atomic E-state index is 0. The molecule has 0 saturated heterocycles. The molecular weight excluding hydrogens is 288 g/mol. The van der Waals surface area contributed by atoms with Gasteiger partial charge in [0.1, 0.15) is 0 Å². The van der Waals surface area contributed by atoms with Crippen LogP contribution in [-0.2, 0) is 0 Å². The van der Waals surface area contributed by atoms with Gasteiger partial charge < -0.3 is 0 Å². The Morgan fingerprint density at radius 3 is 2.00 bits per heavy atom. The Bertz CT molecular complexity index is 514. The van der Waals surface area contributed by atoms with Gasteiger partial charge in [0.15, 0.2) is 0 Å². The number of allylic oxidation sites excluding steroid dienone is 1. The third-order valence-electron chi connectivity index (χ3n) is 6.94. The maximum Gasteiger partial charge on any atom is 0 e. The van der Waals surface area contributed by atoms with E-state index in [2.05, 4.69) is 44.7 Å². The van der Waals surface area contributed by atoms with E-state index in [9.17, 15) is 0 Å². The molecule has 0 unspecified atom stereocenters. The topological polar surface area (TPSA) is 0 Å². The number of benzene rings is 1. The highest BCUT2D eigenvalue weighted by Gasteiger charge is 2.31. The van der Waals surface area contributed by atoms with Gasteiger partial charge in [-0.3, -0.25) is 0 Å². The lowest BCUT2D eigenvalue weighted by atomic mass is 9.67. The first-order valence-electron chi connectivity index (χ1n) is 10.4. The van der Waals surface area contributed by atoms with Crippen LogP contribution in [0.2, 0.25) is 0 Å². The molecule has 2 aliphatic rings. The number of hydrogen-bond donors (Lipinski definition) is 0. The molecular formula is C24H38. The van der Waals surface area contributed by atoms with Crippen LogP contribution in [0.25, 0.3) is 5.57 Å². The van der Waals surface area contributed by atoms with Crippen LogP contribution in [0.4, 0.5) is 0 Å². The fraction of sp³-hybridized carbons (Fsp3) is 0.667. The molecule has 0 radical (unpaired) electrons. The number of aryl methyl sites for hydroxylation is 1. The second kappa shape index (κ2) is 8.37. The van der Waals surface area contributed by atoms with Crippen molar-refractivity contribution in [1.29, 1.82) is 0 Å². The van der Waals surface area contributed by atoms with Crippen LogP contribution >= 0.6 is 0 Å². The van der Waals surface area contributed by atoms with Crippen molar-refractivity contribution < 1.29 is 1.43 Å². The summed E-state index contributed by atoms with van der Waals surface area (Å²) in [5, 5.41) is 0. The first-order valence-corrected chi connectivity index (χ1v) is 10.4. The Morgan fingerprint density at radius 2 is 1.46 bits per heavy atom. The van der Waals surface area contributed by atoms with E-state index in [0.717, 1.165) is 23.7 Å². The van der Waals surface area contributed by atoms with Crippen molar-refractivity contribution in [2.24, 2.45) is 23.7 Å². The first kappa shape index (κ1) is 17.8. The van der Waals surface area contributed by atoms with Crippen LogP contribution in [0.3, 0.4) is 0 Å². The molecule has 0 spiro atoms. The Balaban J connectivity index is 0.00000225. The van der Waals surface area contributed by atoms with E-state index in [0.29, 0.717) is 0 Å². The van der Waals surface area contributed by atoms with Gasteiger partial charge in [0.05, 0.1) is 0 Å². The molecule has 0 atom stereocenters. The zero-order chi connectivity index (χ0) is 16.9. The molecule has 0 heteroatoms. The molecule has 2 fully saturated rings. The second-order valence-electron chi connectivity index (χ2n) is 8.57. The molecule has 0 amide bonds. The van der Waals surface area contributed by atoms with Crippen LogP contribution in [-0.4, -0.2) is 0 Å². The summed E-state index contributed by atoms with van der Waals surface area (Å²) in [6.07, 6.45) is 14.5. The van der Waals surface area contributed by atoms with Gasteiger partial charge in [-0.2, -0.15) is 0 Å². The van der Waals surface area contributed by atoms with E-state index in [1.54, 1.807) is 0 Å². The van der Waals surface area contributed by atoms with Gasteiger partial charge in [-0.1, -0.05) is 69.0 Å². The minimum absolute atomic E-state index is 0. The highest BCUT2D eigenvalue weighted by molar-refractivity contribution is 5.65. The molecule has 2 saturated carbocycles. The van der Waals surface area contributed by atoms with Gasteiger partial charge in [0.25, 0.3) is 0 Å². The summed E-state index contributed by atoms with van der Waals surface area (Å²) in [4.78, 5) is 0. The van der Waals surface area contributed by atoms with Crippen LogP contribution in [0.5, 0.6) is 0 Å². The highest BCUT2D eigenvalue weighted by Crippen LogP contribution is 2.44. The first-order chi connectivity index (χ1) is 11.7. The van der Waals surface area contributed by atoms with Crippen LogP contribution in [0, 0.1) is 30.6 Å². The maximum absolute atomic E-state index is 4.45. The molecule has 24 heavy (non-hydrogen) atoms. The van der Waals surface area contributed by atoms with E-state index in [1.807, 2.05) is 0 Å². The van der Waals surface area contributed by atoms with Gasteiger partial charge >= 0.3 is 0 Å². The normalized spacial score (nSPS) is 30.9. The van der Waals surface area contributed by atoms with Crippen molar-refractivity contribution in [2.45, 2.75) is 78.1 Å². The molecule has 0 heterocycles. The highest BCUT2D eigenvalue weighted by atomic mass is 14.4. The van der Waals surface area contributed by atoms with Gasteiger partial charge in [-0.15, -0.1) is 0 Å². The number of hydrogen-bond acceptors (Lipinski definition) is 0. The standard InChI is InChI=1S/C24H36.H2/c1-4-5-20-8-12-23(13-9-20)24-16-14-22(15-17-24)19(3)21-10-6-18(2)7-11-21;/h6-7,10-11,20,22-24H,3-5,8-9,12-17H2,1-2H3;1H. The molecule has 134 valence electrons. The fourth-order valence-corrected chi connectivity index (χ4v) is 5.30. The van der Waals surface area contributed by atoms with Crippen molar-refractivity contribution in [1.82, 2.24) is 0 Å². The van der Waals surface area contributed by atoms with Crippen molar-refractivity contribution in [2.75, 3.05) is 0 Å². The quantitative estimate of drug-likeness (QED) is 0.521. The van der Waals surface area contributed by atoms with Gasteiger partial charge in [0.2, 0.25) is 0 Å². The Labute approximate surface area is 151 Å². The van der Waals surface area contributed by atoms with Crippen molar-refractivity contribution in [3.8, 4) is 0 Å². The molecule has 0 aliphatic heterocycles. The van der Waals surface area contributed by atoms with E-state index < -0.39 is 0 Å². The second-order valence-corrected chi connectivity index (χ2v) is 8.57. The molecule has 0 bridgehead atoms. The van der Waals surface area contributed by atoms with Gasteiger partial charge in [-0.25, -0.2) is 0 Å². The van der Waals surface area contributed by atoms with Gasteiger partial charge in [0, 0.05) is 1.43 Å². The smallest absolute Gasteiger partial charge is 0 e. The predicted molar refractivity (Wildman–Crippen MR) is 108 cm³/mol. The maximum atomic E-state index is 4.45.